The van der Waals surface area contributed by atoms with Crippen LogP contribution < -0.4 is 0 Å². The first kappa shape index (κ1) is 17.0. The lowest BCUT2D eigenvalue weighted by Gasteiger charge is -2.33. The summed E-state index contributed by atoms with van der Waals surface area (Å²) in [5.41, 5.74) is 3.72. The Hall–Kier alpha value is -1.84. The number of hydrazone groups is 1. The van der Waals surface area contributed by atoms with Crippen molar-refractivity contribution >= 4 is 17.8 Å². The smallest absolute Gasteiger partial charge is 0.0542 e. The van der Waals surface area contributed by atoms with Crippen molar-refractivity contribution in [3.63, 3.8) is 0 Å². The highest BCUT2D eigenvalue weighted by atomic mass is 35.5. The number of hydrogen-bond donors (Lipinski definition) is 0. The van der Waals surface area contributed by atoms with Gasteiger partial charge < -0.3 is 0 Å². The number of hydrogen-bond acceptors (Lipinski definition) is 3. The van der Waals surface area contributed by atoms with Crippen LogP contribution in [0.15, 0.2) is 53.6 Å². The molecule has 3 nitrogen and oxygen atoms in total. The maximum absolute atomic E-state index is 6.25. The molecule has 1 saturated heterocycles. The van der Waals surface area contributed by atoms with Gasteiger partial charge in [0.15, 0.2) is 0 Å². The monoisotopic (exact) mass is 341 g/mol. The fraction of sp³-hybridized carbons (Fsp3) is 0.350. The summed E-state index contributed by atoms with van der Waals surface area (Å²) in [6.07, 6.45) is 3.04. The lowest BCUT2D eigenvalue weighted by atomic mass is 10.1. The molecule has 4 heteroatoms. The van der Waals surface area contributed by atoms with Crippen LogP contribution in [0, 0.1) is 0 Å². The second-order valence-corrected chi connectivity index (χ2v) is 6.57. The molecule has 0 saturated carbocycles. The molecule has 0 atom stereocenters. The van der Waals surface area contributed by atoms with Crippen molar-refractivity contribution in [1.82, 2.24) is 9.91 Å². The predicted molar refractivity (Wildman–Crippen MR) is 102 cm³/mol. The van der Waals surface area contributed by atoms with Gasteiger partial charge >= 0.3 is 0 Å². The van der Waals surface area contributed by atoms with Gasteiger partial charge in [0.25, 0.3) is 0 Å². The Labute approximate surface area is 149 Å². The van der Waals surface area contributed by atoms with Crippen molar-refractivity contribution in [3.8, 4) is 0 Å². The van der Waals surface area contributed by atoms with E-state index in [9.17, 15) is 0 Å². The third-order valence-electron chi connectivity index (χ3n) is 4.46. The molecule has 0 spiro atoms. The van der Waals surface area contributed by atoms with E-state index in [1.807, 2.05) is 24.4 Å². The molecule has 2 aromatic rings. The highest BCUT2D eigenvalue weighted by molar-refractivity contribution is 6.31. The molecule has 0 aliphatic carbocycles. The molecule has 0 amide bonds. The molecule has 0 radical (unpaired) electrons. The van der Waals surface area contributed by atoms with Gasteiger partial charge in [0.05, 0.1) is 6.21 Å². The number of benzene rings is 2. The Morgan fingerprint density at radius 3 is 2.38 bits per heavy atom. The van der Waals surface area contributed by atoms with Crippen molar-refractivity contribution in [1.29, 1.82) is 0 Å². The molecule has 0 unspecified atom stereocenters. The van der Waals surface area contributed by atoms with Gasteiger partial charge in [0, 0.05) is 37.7 Å². The van der Waals surface area contributed by atoms with E-state index in [-0.39, 0.29) is 0 Å². The highest BCUT2D eigenvalue weighted by Crippen LogP contribution is 2.18. The molecule has 0 bridgehead atoms. The number of nitrogens with zero attached hydrogens (tertiary/aromatic N) is 3. The second kappa shape index (κ2) is 8.32. The van der Waals surface area contributed by atoms with Crippen molar-refractivity contribution in [3.05, 3.63) is 70.2 Å². The van der Waals surface area contributed by atoms with Gasteiger partial charge in [-0.3, -0.25) is 9.91 Å². The Morgan fingerprint density at radius 1 is 1.00 bits per heavy atom. The molecule has 1 heterocycles. The minimum Gasteiger partial charge on any atom is -0.295 e. The quantitative estimate of drug-likeness (QED) is 0.764. The first-order valence-corrected chi connectivity index (χ1v) is 8.96. The van der Waals surface area contributed by atoms with E-state index in [2.05, 4.69) is 52.3 Å². The third kappa shape index (κ3) is 4.59. The molecule has 2 aromatic carbocycles. The lowest BCUT2D eigenvalue weighted by molar-refractivity contribution is 0.131. The Morgan fingerprint density at radius 2 is 1.71 bits per heavy atom. The van der Waals surface area contributed by atoms with Gasteiger partial charge in [-0.25, -0.2) is 0 Å². The molecular weight excluding hydrogens is 318 g/mol. The summed E-state index contributed by atoms with van der Waals surface area (Å²) in [6, 6.07) is 16.7. The first-order valence-electron chi connectivity index (χ1n) is 8.58. The van der Waals surface area contributed by atoms with Gasteiger partial charge in [-0.1, -0.05) is 61.0 Å². The van der Waals surface area contributed by atoms with Gasteiger partial charge in [-0.15, -0.1) is 0 Å². The molecule has 24 heavy (non-hydrogen) atoms. The molecule has 126 valence electrons. The minimum atomic E-state index is 0.855. The van der Waals surface area contributed by atoms with Crippen molar-refractivity contribution in [2.24, 2.45) is 5.10 Å². The Kier molecular flexibility index (Phi) is 5.89. The van der Waals surface area contributed by atoms with E-state index < -0.39 is 0 Å². The summed E-state index contributed by atoms with van der Waals surface area (Å²) in [7, 11) is 0. The maximum Gasteiger partial charge on any atom is 0.0542 e. The Bertz CT molecular complexity index is 674. The van der Waals surface area contributed by atoms with Crippen LogP contribution in [0.3, 0.4) is 0 Å². The molecule has 1 aliphatic heterocycles. The fourth-order valence-electron chi connectivity index (χ4n) is 2.87. The topological polar surface area (TPSA) is 18.8 Å². The zero-order valence-electron chi connectivity index (χ0n) is 14.2. The van der Waals surface area contributed by atoms with Crippen LogP contribution in [-0.2, 0) is 13.0 Å². The van der Waals surface area contributed by atoms with Crippen LogP contribution in [0.5, 0.6) is 0 Å². The maximum atomic E-state index is 6.25. The summed E-state index contributed by atoms with van der Waals surface area (Å²) in [4.78, 5) is 2.43. The number of aryl methyl sites for hydroxylation is 1. The predicted octanol–water partition coefficient (Wildman–Crippen LogP) is 4.05. The van der Waals surface area contributed by atoms with Crippen molar-refractivity contribution < 1.29 is 0 Å². The average molecular weight is 342 g/mol. The van der Waals surface area contributed by atoms with Crippen molar-refractivity contribution in [2.75, 3.05) is 26.2 Å². The third-order valence-corrected chi connectivity index (χ3v) is 4.83. The molecule has 1 aliphatic rings. The summed E-state index contributed by atoms with van der Waals surface area (Å²) < 4.78 is 0. The second-order valence-electron chi connectivity index (χ2n) is 6.16. The van der Waals surface area contributed by atoms with Crippen LogP contribution in [0.4, 0.5) is 0 Å². The van der Waals surface area contributed by atoms with E-state index in [0.29, 0.717) is 0 Å². The van der Waals surface area contributed by atoms with E-state index >= 15 is 0 Å². The van der Waals surface area contributed by atoms with Crippen LogP contribution >= 0.6 is 11.6 Å². The summed E-state index contributed by atoms with van der Waals surface area (Å²) >= 11 is 6.25. The highest BCUT2D eigenvalue weighted by Gasteiger charge is 2.16. The number of halogens is 1. The van der Waals surface area contributed by atoms with Crippen molar-refractivity contribution in [2.45, 2.75) is 19.9 Å². The van der Waals surface area contributed by atoms with E-state index in [4.69, 9.17) is 11.6 Å². The zero-order chi connectivity index (χ0) is 16.8. The van der Waals surface area contributed by atoms with Gasteiger partial charge in [-0.2, -0.15) is 5.10 Å². The number of piperazine rings is 1. The van der Waals surface area contributed by atoms with Gasteiger partial charge in [0.2, 0.25) is 0 Å². The SMILES string of the molecule is CCc1ccc(/C=N\N2CCN(Cc3ccccc3Cl)CC2)cc1. The fourth-order valence-corrected chi connectivity index (χ4v) is 3.06. The summed E-state index contributed by atoms with van der Waals surface area (Å²) in [6.45, 7) is 7.01. The molecule has 0 aromatic heterocycles. The van der Waals surface area contributed by atoms with Crippen LogP contribution in [0.1, 0.15) is 23.6 Å². The average Bonchev–Trinajstić information content (AvgIpc) is 2.63. The van der Waals surface area contributed by atoms with E-state index in [1.54, 1.807) is 0 Å². The minimum absolute atomic E-state index is 0.855. The molecule has 3 rings (SSSR count). The largest absolute Gasteiger partial charge is 0.295 e. The molecule has 0 N–H and O–H groups in total. The number of rotatable bonds is 5. The van der Waals surface area contributed by atoms with Crippen LogP contribution in [-0.4, -0.2) is 42.3 Å². The normalized spacial score (nSPS) is 16.0. The summed E-state index contributed by atoms with van der Waals surface area (Å²) in [5, 5.41) is 7.63. The lowest BCUT2D eigenvalue weighted by Crippen LogP contribution is -2.43. The zero-order valence-corrected chi connectivity index (χ0v) is 14.9. The van der Waals surface area contributed by atoms with Crippen LogP contribution in [0.2, 0.25) is 5.02 Å². The van der Waals surface area contributed by atoms with Gasteiger partial charge in [-0.05, 0) is 29.2 Å². The van der Waals surface area contributed by atoms with E-state index in [0.717, 1.165) is 49.7 Å². The molecule has 1 fully saturated rings. The Balaban J connectivity index is 1.49. The van der Waals surface area contributed by atoms with Crippen LogP contribution in [0.25, 0.3) is 0 Å². The van der Waals surface area contributed by atoms with E-state index in [1.165, 1.54) is 11.1 Å². The first-order chi connectivity index (χ1) is 11.7. The van der Waals surface area contributed by atoms with Gasteiger partial charge in [0.1, 0.15) is 0 Å². The standard InChI is InChI=1S/C20H24ClN3/c1-2-17-7-9-18(10-8-17)15-22-24-13-11-23(12-14-24)16-19-5-3-4-6-20(19)21/h3-10,15H,2,11-14,16H2,1H3/b22-15-. The molecular formula is C20H24ClN3. The summed E-state index contributed by atoms with van der Waals surface area (Å²) in [5.74, 6) is 0.